The van der Waals surface area contributed by atoms with Gasteiger partial charge in [-0.1, -0.05) is 13.5 Å². The molecule has 0 saturated carbocycles. The number of hydrogen-bond donors (Lipinski definition) is 1. The molecule has 0 spiro atoms. The van der Waals surface area contributed by atoms with Gasteiger partial charge in [0.25, 0.3) is 0 Å². The van der Waals surface area contributed by atoms with Gasteiger partial charge in [0.05, 0.1) is 0 Å². The zero-order valence-electron chi connectivity index (χ0n) is 11.3. The molecule has 0 aliphatic heterocycles. The molecule has 0 radical (unpaired) electrons. The van der Waals surface area contributed by atoms with Gasteiger partial charge in [0.2, 0.25) is 0 Å². The molecule has 0 aromatic carbocycles. The highest BCUT2D eigenvalue weighted by Gasteiger charge is 2.15. The zero-order chi connectivity index (χ0) is 14.8. The van der Waals surface area contributed by atoms with Gasteiger partial charge in [-0.2, -0.15) is 0 Å². The molecular weight excluding hydrogens is 252 g/mol. The van der Waals surface area contributed by atoms with Crippen LogP contribution >= 0.6 is 0 Å². The lowest BCUT2D eigenvalue weighted by molar-refractivity contribution is -0.157. The molecule has 6 heteroatoms. The second kappa shape index (κ2) is 9.13. The van der Waals surface area contributed by atoms with Crippen LogP contribution in [-0.4, -0.2) is 35.7 Å². The molecule has 19 heavy (non-hydrogen) atoms. The van der Waals surface area contributed by atoms with Crippen LogP contribution < -0.4 is 0 Å². The quantitative estimate of drug-likeness (QED) is 0.507. The molecule has 0 aliphatic carbocycles. The summed E-state index contributed by atoms with van der Waals surface area (Å²) in [6.07, 6.45) is 0.193. The van der Waals surface area contributed by atoms with Gasteiger partial charge in [-0.3, -0.25) is 9.59 Å². The topological polar surface area (TPSA) is 89.9 Å². The molecule has 1 N–H and O–H groups in total. The average molecular weight is 272 g/mol. The highest BCUT2D eigenvalue weighted by Crippen LogP contribution is 2.05. The number of rotatable bonds is 9. The molecule has 0 aliphatic rings. The highest BCUT2D eigenvalue weighted by molar-refractivity contribution is 5.86. The zero-order valence-corrected chi connectivity index (χ0v) is 11.3. The Kier molecular flexibility index (Phi) is 8.24. The Morgan fingerprint density at radius 3 is 2.37 bits per heavy atom. The van der Waals surface area contributed by atoms with Crippen LogP contribution in [0.15, 0.2) is 12.2 Å². The molecule has 0 rings (SSSR count). The van der Waals surface area contributed by atoms with E-state index in [0.717, 1.165) is 0 Å². The summed E-state index contributed by atoms with van der Waals surface area (Å²) in [4.78, 5) is 32.9. The van der Waals surface area contributed by atoms with Gasteiger partial charge in [-0.25, -0.2) is 4.79 Å². The van der Waals surface area contributed by atoms with Crippen molar-refractivity contribution in [1.82, 2.24) is 0 Å². The lowest BCUT2D eigenvalue weighted by Crippen LogP contribution is -2.24. The Morgan fingerprint density at radius 1 is 1.26 bits per heavy atom. The van der Waals surface area contributed by atoms with Crippen molar-refractivity contribution in [1.29, 1.82) is 0 Å². The van der Waals surface area contributed by atoms with E-state index < -0.39 is 24.0 Å². The van der Waals surface area contributed by atoms with Crippen LogP contribution in [0, 0.1) is 0 Å². The third-order valence-corrected chi connectivity index (χ3v) is 2.27. The first-order valence-electron chi connectivity index (χ1n) is 6.10. The highest BCUT2D eigenvalue weighted by atomic mass is 16.6. The fourth-order valence-corrected chi connectivity index (χ4v) is 1.16. The van der Waals surface area contributed by atoms with Crippen molar-refractivity contribution in [3.8, 4) is 0 Å². The van der Waals surface area contributed by atoms with Crippen molar-refractivity contribution in [2.24, 2.45) is 0 Å². The molecule has 1 unspecified atom stereocenters. The minimum atomic E-state index is -0.949. The summed E-state index contributed by atoms with van der Waals surface area (Å²) in [5.41, 5.74) is 0.280. The number of carboxylic acids is 1. The summed E-state index contributed by atoms with van der Waals surface area (Å²) < 4.78 is 9.96. The van der Waals surface area contributed by atoms with E-state index in [9.17, 15) is 14.4 Å². The number of esters is 2. The summed E-state index contributed by atoms with van der Waals surface area (Å²) in [6.45, 7) is 6.74. The van der Waals surface area contributed by atoms with E-state index in [-0.39, 0.29) is 31.4 Å². The first kappa shape index (κ1) is 17.2. The van der Waals surface area contributed by atoms with Gasteiger partial charge in [0, 0.05) is 18.4 Å². The van der Waals surface area contributed by atoms with Crippen LogP contribution in [0.5, 0.6) is 0 Å². The predicted molar refractivity (Wildman–Crippen MR) is 67.4 cm³/mol. The number of carboxylic acid groups (broad SMARTS) is 1. The second-order valence-corrected chi connectivity index (χ2v) is 4.15. The van der Waals surface area contributed by atoms with E-state index in [1.807, 2.05) is 0 Å². The first-order valence-corrected chi connectivity index (χ1v) is 6.10. The Hall–Kier alpha value is -1.85. The summed E-state index contributed by atoms with van der Waals surface area (Å²) in [7, 11) is 0. The molecule has 0 heterocycles. The van der Waals surface area contributed by atoms with Gasteiger partial charge >= 0.3 is 17.9 Å². The van der Waals surface area contributed by atoms with Crippen LogP contribution in [0.1, 0.15) is 39.5 Å². The van der Waals surface area contributed by atoms with Crippen molar-refractivity contribution >= 4 is 17.9 Å². The molecule has 0 bridgehead atoms. The maximum Gasteiger partial charge on any atom is 0.333 e. The molecule has 0 saturated heterocycles. The fourth-order valence-electron chi connectivity index (χ4n) is 1.16. The van der Waals surface area contributed by atoms with E-state index in [1.165, 1.54) is 6.92 Å². The SMILES string of the molecule is C=C(C)C(=O)OCC(CC)OC(=O)CCCC(=O)O. The van der Waals surface area contributed by atoms with Crippen molar-refractivity contribution in [3.05, 3.63) is 12.2 Å². The van der Waals surface area contributed by atoms with Gasteiger partial charge in [0.1, 0.15) is 12.7 Å². The smallest absolute Gasteiger partial charge is 0.333 e. The normalized spacial score (nSPS) is 11.5. The number of carbonyl (C=O) groups is 3. The maximum absolute atomic E-state index is 11.4. The summed E-state index contributed by atoms with van der Waals surface area (Å²) in [5.74, 6) is -1.96. The average Bonchev–Trinajstić information content (AvgIpc) is 2.33. The van der Waals surface area contributed by atoms with Gasteiger partial charge < -0.3 is 14.6 Å². The molecular formula is C13H20O6. The van der Waals surface area contributed by atoms with E-state index in [1.54, 1.807) is 6.92 Å². The maximum atomic E-state index is 11.4. The van der Waals surface area contributed by atoms with Crippen molar-refractivity contribution in [2.45, 2.75) is 45.6 Å². The summed E-state index contributed by atoms with van der Waals surface area (Å²) in [6, 6.07) is 0. The molecule has 0 fully saturated rings. The minimum absolute atomic E-state index is 0.0210. The van der Waals surface area contributed by atoms with Gasteiger partial charge in [-0.15, -0.1) is 0 Å². The number of hydrogen-bond acceptors (Lipinski definition) is 5. The van der Waals surface area contributed by atoms with E-state index in [0.29, 0.717) is 6.42 Å². The molecule has 0 aromatic rings. The predicted octanol–water partition coefficient (Wildman–Crippen LogP) is 1.68. The van der Waals surface area contributed by atoms with Crippen LogP contribution in [0.4, 0.5) is 0 Å². The minimum Gasteiger partial charge on any atom is -0.481 e. The van der Waals surface area contributed by atoms with Crippen molar-refractivity contribution < 1.29 is 29.0 Å². The van der Waals surface area contributed by atoms with E-state index in [4.69, 9.17) is 14.6 Å². The standard InChI is InChI=1S/C13H20O6/c1-4-10(8-18-13(17)9(2)3)19-12(16)7-5-6-11(14)15/h10H,2,4-8H2,1,3H3,(H,14,15). The van der Waals surface area contributed by atoms with Crippen LogP contribution in [-0.2, 0) is 23.9 Å². The largest absolute Gasteiger partial charge is 0.481 e. The van der Waals surface area contributed by atoms with E-state index in [2.05, 4.69) is 6.58 Å². The fraction of sp³-hybridized carbons (Fsp3) is 0.615. The lowest BCUT2D eigenvalue weighted by atomic mass is 10.2. The summed E-state index contributed by atoms with van der Waals surface area (Å²) in [5, 5.41) is 8.43. The molecule has 108 valence electrons. The summed E-state index contributed by atoms with van der Waals surface area (Å²) >= 11 is 0. The third kappa shape index (κ3) is 8.82. The van der Waals surface area contributed by atoms with Crippen LogP contribution in [0.2, 0.25) is 0 Å². The Morgan fingerprint density at radius 2 is 1.89 bits per heavy atom. The molecule has 0 aromatic heterocycles. The first-order chi connectivity index (χ1) is 8.86. The van der Waals surface area contributed by atoms with Crippen molar-refractivity contribution in [3.63, 3.8) is 0 Å². The number of carbonyl (C=O) groups excluding carboxylic acids is 2. The van der Waals surface area contributed by atoms with Crippen LogP contribution in [0.3, 0.4) is 0 Å². The number of ether oxygens (including phenoxy) is 2. The monoisotopic (exact) mass is 272 g/mol. The third-order valence-electron chi connectivity index (χ3n) is 2.27. The van der Waals surface area contributed by atoms with Gasteiger partial charge in [0.15, 0.2) is 0 Å². The lowest BCUT2D eigenvalue weighted by Gasteiger charge is -2.16. The Balaban J connectivity index is 3.97. The number of aliphatic carboxylic acids is 1. The Bertz CT molecular complexity index is 347. The molecule has 6 nitrogen and oxygen atoms in total. The van der Waals surface area contributed by atoms with Gasteiger partial charge in [-0.05, 0) is 19.8 Å². The van der Waals surface area contributed by atoms with Crippen molar-refractivity contribution in [2.75, 3.05) is 6.61 Å². The molecule has 1 atom stereocenters. The van der Waals surface area contributed by atoms with E-state index >= 15 is 0 Å². The second-order valence-electron chi connectivity index (χ2n) is 4.15. The van der Waals surface area contributed by atoms with Crippen LogP contribution in [0.25, 0.3) is 0 Å². The molecule has 0 amide bonds. The Labute approximate surface area is 112 Å².